The number of carbonyl (C=O) groups is 2. The molecule has 118 valence electrons. The highest BCUT2D eigenvalue weighted by Crippen LogP contribution is 2.38. The van der Waals surface area contributed by atoms with Gasteiger partial charge in [-0.05, 0) is 30.5 Å². The molecule has 1 aliphatic carbocycles. The number of halogens is 1. The predicted octanol–water partition coefficient (Wildman–Crippen LogP) is 2.61. The lowest BCUT2D eigenvalue weighted by atomic mass is 10.1. The van der Waals surface area contributed by atoms with Crippen molar-refractivity contribution in [1.82, 2.24) is 4.90 Å². The normalized spacial score (nSPS) is 24.0. The highest BCUT2D eigenvalue weighted by molar-refractivity contribution is 7.99. The average molecular weight is 322 g/mol. The van der Waals surface area contributed by atoms with Gasteiger partial charge in [-0.2, -0.15) is 11.8 Å². The van der Waals surface area contributed by atoms with Crippen LogP contribution in [0.1, 0.15) is 23.7 Å². The number of nitrogens with zero attached hydrogens (tertiary/aromatic N) is 1. The number of amides is 2. The summed E-state index contributed by atoms with van der Waals surface area (Å²) >= 11 is 1.80. The summed E-state index contributed by atoms with van der Waals surface area (Å²) in [6.07, 6.45) is 0.875. The van der Waals surface area contributed by atoms with Crippen LogP contribution < -0.4 is 5.32 Å². The molecule has 1 saturated heterocycles. The molecule has 1 saturated carbocycles. The molecule has 0 aromatic heterocycles. The van der Waals surface area contributed by atoms with Crippen LogP contribution in [0.25, 0.3) is 0 Å². The van der Waals surface area contributed by atoms with Gasteiger partial charge in [-0.15, -0.1) is 0 Å². The van der Waals surface area contributed by atoms with E-state index >= 15 is 0 Å². The van der Waals surface area contributed by atoms with Crippen molar-refractivity contribution in [3.05, 3.63) is 29.6 Å². The van der Waals surface area contributed by atoms with Crippen LogP contribution in [0, 0.1) is 17.7 Å². The standard InChI is InChI=1S/C16H19FN2O2S/c1-10-8-12(10)15(20)18-14-3-2-11(17)9-13(14)16(21)19-4-6-22-7-5-19/h2-3,9-10,12H,4-8H2,1H3,(H,18,20)/t10-,12-/m0/s1. The van der Waals surface area contributed by atoms with E-state index < -0.39 is 5.82 Å². The predicted molar refractivity (Wildman–Crippen MR) is 85.5 cm³/mol. The van der Waals surface area contributed by atoms with Crippen molar-refractivity contribution in [1.29, 1.82) is 0 Å². The van der Waals surface area contributed by atoms with Crippen molar-refractivity contribution in [3.8, 4) is 0 Å². The number of anilines is 1. The summed E-state index contributed by atoms with van der Waals surface area (Å²) in [6, 6.07) is 3.97. The van der Waals surface area contributed by atoms with Gasteiger partial charge in [-0.3, -0.25) is 9.59 Å². The minimum Gasteiger partial charge on any atom is -0.337 e. The zero-order valence-corrected chi connectivity index (χ0v) is 13.3. The Kier molecular flexibility index (Phi) is 4.38. The second-order valence-corrected chi connectivity index (χ2v) is 7.13. The maximum absolute atomic E-state index is 13.6. The third kappa shape index (κ3) is 3.27. The molecule has 0 radical (unpaired) electrons. The van der Waals surface area contributed by atoms with Crippen LogP contribution in [-0.4, -0.2) is 41.3 Å². The monoisotopic (exact) mass is 322 g/mol. The fourth-order valence-corrected chi connectivity index (χ4v) is 3.56. The lowest BCUT2D eigenvalue weighted by Crippen LogP contribution is -2.38. The van der Waals surface area contributed by atoms with Gasteiger partial charge in [0.15, 0.2) is 0 Å². The van der Waals surface area contributed by atoms with Crippen LogP contribution in [0.5, 0.6) is 0 Å². The second kappa shape index (κ2) is 6.28. The summed E-state index contributed by atoms with van der Waals surface area (Å²) in [5.41, 5.74) is 0.655. The molecule has 2 amide bonds. The van der Waals surface area contributed by atoms with E-state index in [0.717, 1.165) is 17.9 Å². The number of benzene rings is 1. The van der Waals surface area contributed by atoms with Crippen molar-refractivity contribution in [2.75, 3.05) is 29.9 Å². The quantitative estimate of drug-likeness (QED) is 0.930. The molecule has 4 nitrogen and oxygen atoms in total. The van der Waals surface area contributed by atoms with Crippen molar-refractivity contribution in [2.24, 2.45) is 11.8 Å². The lowest BCUT2D eigenvalue weighted by Gasteiger charge is -2.27. The molecular weight excluding hydrogens is 303 g/mol. The van der Waals surface area contributed by atoms with Gasteiger partial charge < -0.3 is 10.2 Å². The second-order valence-electron chi connectivity index (χ2n) is 5.90. The van der Waals surface area contributed by atoms with Gasteiger partial charge in [-0.1, -0.05) is 6.92 Å². The van der Waals surface area contributed by atoms with Gasteiger partial charge in [0, 0.05) is 30.5 Å². The molecular formula is C16H19FN2O2S. The maximum atomic E-state index is 13.6. The highest BCUT2D eigenvalue weighted by Gasteiger charge is 2.39. The zero-order chi connectivity index (χ0) is 15.7. The molecule has 0 spiro atoms. The third-order valence-corrected chi connectivity index (χ3v) is 5.16. The summed E-state index contributed by atoms with van der Waals surface area (Å²) in [5.74, 6) is 1.43. The van der Waals surface area contributed by atoms with E-state index in [2.05, 4.69) is 5.32 Å². The van der Waals surface area contributed by atoms with E-state index in [9.17, 15) is 14.0 Å². The van der Waals surface area contributed by atoms with Gasteiger partial charge in [0.05, 0.1) is 11.3 Å². The summed E-state index contributed by atoms with van der Waals surface area (Å²) in [6.45, 7) is 3.34. The third-order valence-electron chi connectivity index (χ3n) is 4.21. The van der Waals surface area contributed by atoms with Crippen molar-refractivity contribution < 1.29 is 14.0 Å². The Morgan fingerprint density at radius 1 is 1.32 bits per heavy atom. The van der Waals surface area contributed by atoms with Crippen LogP contribution in [-0.2, 0) is 4.79 Å². The SMILES string of the molecule is C[C@H]1C[C@@H]1C(=O)Nc1ccc(F)cc1C(=O)N1CCSCC1. The highest BCUT2D eigenvalue weighted by atomic mass is 32.2. The molecule has 2 atom stereocenters. The first-order valence-corrected chi connectivity index (χ1v) is 8.69. The smallest absolute Gasteiger partial charge is 0.256 e. The van der Waals surface area contributed by atoms with Gasteiger partial charge in [0.2, 0.25) is 5.91 Å². The molecule has 1 N–H and O–H groups in total. The number of carbonyl (C=O) groups excluding carboxylic acids is 2. The van der Waals surface area contributed by atoms with E-state index in [-0.39, 0.29) is 23.3 Å². The molecule has 1 aliphatic heterocycles. The van der Waals surface area contributed by atoms with E-state index in [1.54, 1.807) is 16.7 Å². The minimum absolute atomic E-state index is 0.0133. The largest absolute Gasteiger partial charge is 0.337 e. The fourth-order valence-electron chi connectivity index (χ4n) is 2.65. The van der Waals surface area contributed by atoms with Crippen LogP contribution in [0.3, 0.4) is 0 Å². The van der Waals surface area contributed by atoms with Crippen LogP contribution in [0.15, 0.2) is 18.2 Å². The molecule has 6 heteroatoms. The van der Waals surface area contributed by atoms with E-state index in [1.807, 2.05) is 6.92 Å². The van der Waals surface area contributed by atoms with Gasteiger partial charge >= 0.3 is 0 Å². The first-order valence-electron chi connectivity index (χ1n) is 7.53. The number of hydrogen-bond acceptors (Lipinski definition) is 3. The number of thioether (sulfide) groups is 1. The summed E-state index contributed by atoms with van der Waals surface area (Å²) < 4.78 is 13.6. The average Bonchev–Trinajstić information content (AvgIpc) is 3.26. The summed E-state index contributed by atoms with van der Waals surface area (Å²) in [7, 11) is 0. The first-order chi connectivity index (χ1) is 10.6. The molecule has 1 aromatic carbocycles. The van der Waals surface area contributed by atoms with Crippen molar-refractivity contribution in [3.63, 3.8) is 0 Å². The maximum Gasteiger partial charge on any atom is 0.256 e. The summed E-state index contributed by atoms with van der Waals surface area (Å²) in [4.78, 5) is 26.4. The van der Waals surface area contributed by atoms with Gasteiger partial charge in [0.1, 0.15) is 5.82 Å². The van der Waals surface area contributed by atoms with E-state index in [0.29, 0.717) is 24.7 Å². The molecule has 2 aliphatic rings. The van der Waals surface area contributed by atoms with Crippen LogP contribution >= 0.6 is 11.8 Å². The Balaban J connectivity index is 1.80. The first kappa shape index (κ1) is 15.3. The van der Waals surface area contributed by atoms with E-state index in [4.69, 9.17) is 0 Å². The van der Waals surface area contributed by atoms with Gasteiger partial charge in [0.25, 0.3) is 5.91 Å². The van der Waals surface area contributed by atoms with Crippen LogP contribution in [0.2, 0.25) is 0 Å². The molecule has 0 bridgehead atoms. The molecule has 1 aromatic rings. The fraction of sp³-hybridized carbons (Fsp3) is 0.500. The lowest BCUT2D eigenvalue weighted by molar-refractivity contribution is -0.117. The van der Waals surface area contributed by atoms with Crippen LogP contribution in [0.4, 0.5) is 10.1 Å². The Morgan fingerprint density at radius 3 is 2.64 bits per heavy atom. The van der Waals surface area contributed by atoms with E-state index in [1.165, 1.54) is 18.2 Å². The van der Waals surface area contributed by atoms with Crippen molar-refractivity contribution >= 4 is 29.3 Å². The molecule has 22 heavy (non-hydrogen) atoms. The number of hydrogen-bond donors (Lipinski definition) is 1. The molecule has 2 fully saturated rings. The number of rotatable bonds is 3. The van der Waals surface area contributed by atoms with Crippen molar-refractivity contribution in [2.45, 2.75) is 13.3 Å². The molecule has 1 heterocycles. The Bertz CT molecular complexity index is 602. The Morgan fingerprint density at radius 2 is 2.00 bits per heavy atom. The molecule has 0 unspecified atom stereocenters. The summed E-state index contributed by atoms with van der Waals surface area (Å²) in [5, 5.41) is 2.79. The number of nitrogens with one attached hydrogen (secondary N) is 1. The topological polar surface area (TPSA) is 49.4 Å². The zero-order valence-electron chi connectivity index (χ0n) is 12.5. The molecule has 3 rings (SSSR count). The van der Waals surface area contributed by atoms with Gasteiger partial charge in [-0.25, -0.2) is 4.39 Å². The minimum atomic E-state index is -0.465. The Labute approximate surface area is 133 Å². The Hall–Kier alpha value is -1.56.